The molecule has 0 atom stereocenters. The Hall–Kier alpha value is -2.86. The summed E-state index contributed by atoms with van der Waals surface area (Å²) < 4.78 is 0. The largest absolute Gasteiger partial charge is 0.402 e. The molecule has 0 amide bonds. The highest BCUT2D eigenvalue weighted by atomic mass is 16.1. The molecule has 3 nitrogen and oxygen atoms in total. The van der Waals surface area contributed by atoms with E-state index in [1.165, 1.54) is 0 Å². The van der Waals surface area contributed by atoms with Crippen LogP contribution in [0.25, 0.3) is 11.1 Å². The molecule has 24 heavy (non-hydrogen) atoms. The first kappa shape index (κ1) is 17.5. The minimum absolute atomic E-state index is 0.541. The number of carbonyl (C=O) groups is 1. The standard InChI is InChI=1S/C21H22N2O/c1-2-3-8-21(23)19(15-24)13-16-9-11-17(12-10-16)20-7-5-4-6-18(20)14-22/h4-7,9-12,15H,2-3,8,13,23H2,1H3/b21-19-. The van der Waals surface area contributed by atoms with Gasteiger partial charge in [-0.1, -0.05) is 55.8 Å². The van der Waals surface area contributed by atoms with Gasteiger partial charge in [0.15, 0.2) is 0 Å². The number of nitriles is 1. The van der Waals surface area contributed by atoms with E-state index in [1.807, 2.05) is 48.5 Å². The van der Waals surface area contributed by atoms with E-state index in [9.17, 15) is 10.1 Å². The minimum Gasteiger partial charge on any atom is -0.402 e. The maximum Gasteiger partial charge on any atom is 0.148 e. The van der Waals surface area contributed by atoms with Crippen molar-refractivity contribution < 1.29 is 4.79 Å². The second kappa shape index (κ2) is 8.69. The molecule has 0 aliphatic carbocycles. The smallest absolute Gasteiger partial charge is 0.148 e. The number of unbranched alkanes of at least 4 members (excludes halogenated alkanes) is 1. The zero-order chi connectivity index (χ0) is 17.4. The van der Waals surface area contributed by atoms with E-state index in [0.717, 1.165) is 42.2 Å². The lowest BCUT2D eigenvalue weighted by Gasteiger charge is -2.08. The highest BCUT2D eigenvalue weighted by Crippen LogP contribution is 2.24. The number of allylic oxidation sites excluding steroid dienone is 2. The molecule has 0 spiro atoms. The van der Waals surface area contributed by atoms with Crippen LogP contribution < -0.4 is 5.73 Å². The van der Waals surface area contributed by atoms with Gasteiger partial charge in [0.2, 0.25) is 0 Å². The first-order valence-electron chi connectivity index (χ1n) is 8.20. The van der Waals surface area contributed by atoms with E-state index in [0.29, 0.717) is 23.3 Å². The Morgan fingerprint density at radius 3 is 2.50 bits per heavy atom. The predicted octanol–water partition coefficient (Wildman–Crippen LogP) is 4.37. The molecule has 0 aliphatic heterocycles. The highest BCUT2D eigenvalue weighted by molar-refractivity contribution is 5.75. The quantitative estimate of drug-likeness (QED) is 0.609. The monoisotopic (exact) mass is 318 g/mol. The second-order valence-electron chi connectivity index (χ2n) is 5.80. The van der Waals surface area contributed by atoms with Crippen molar-refractivity contribution in [1.82, 2.24) is 0 Å². The summed E-state index contributed by atoms with van der Waals surface area (Å²) in [4.78, 5) is 11.3. The molecule has 0 aliphatic rings. The van der Waals surface area contributed by atoms with Gasteiger partial charge in [-0.3, -0.25) is 4.79 Å². The molecule has 0 bridgehead atoms. The maximum absolute atomic E-state index is 11.3. The van der Waals surface area contributed by atoms with Crippen molar-refractivity contribution in [3.8, 4) is 17.2 Å². The molecule has 0 fully saturated rings. The average Bonchev–Trinajstić information content (AvgIpc) is 2.64. The number of nitrogens with zero attached hydrogens (tertiary/aromatic N) is 1. The Balaban J connectivity index is 2.20. The molecule has 0 unspecified atom stereocenters. The minimum atomic E-state index is 0.541. The van der Waals surface area contributed by atoms with Crippen LogP contribution in [0.3, 0.4) is 0 Å². The summed E-state index contributed by atoms with van der Waals surface area (Å²) >= 11 is 0. The van der Waals surface area contributed by atoms with Crippen LogP contribution in [0, 0.1) is 11.3 Å². The van der Waals surface area contributed by atoms with Gasteiger partial charge in [0, 0.05) is 17.7 Å². The van der Waals surface area contributed by atoms with Crippen LogP contribution in [-0.2, 0) is 11.2 Å². The lowest BCUT2D eigenvalue weighted by molar-refractivity contribution is -0.105. The average molecular weight is 318 g/mol. The van der Waals surface area contributed by atoms with Crippen molar-refractivity contribution in [1.29, 1.82) is 5.26 Å². The first-order chi connectivity index (χ1) is 11.7. The Morgan fingerprint density at radius 2 is 1.88 bits per heavy atom. The number of carbonyl (C=O) groups excluding carboxylic acids is 1. The molecular weight excluding hydrogens is 296 g/mol. The number of nitrogens with two attached hydrogens (primary N) is 1. The van der Waals surface area contributed by atoms with Crippen molar-refractivity contribution in [2.24, 2.45) is 5.73 Å². The predicted molar refractivity (Wildman–Crippen MR) is 97.1 cm³/mol. The fraction of sp³-hybridized carbons (Fsp3) is 0.238. The van der Waals surface area contributed by atoms with Crippen molar-refractivity contribution in [2.75, 3.05) is 0 Å². The Kier molecular flexibility index (Phi) is 6.33. The lowest BCUT2D eigenvalue weighted by Crippen LogP contribution is -2.06. The number of hydrogen-bond donors (Lipinski definition) is 1. The molecule has 0 radical (unpaired) electrons. The number of hydrogen-bond acceptors (Lipinski definition) is 3. The Labute approximate surface area is 143 Å². The Morgan fingerprint density at radius 1 is 1.17 bits per heavy atom. The SMILES string of the molecule is CCCC/C(N)=C(/C=O)Cc1ccc(-c2ccccc2C#N)cc1. The van der Waals surface area contributed by atoms with E-state index in [1.54, 1.807) is 0 Å². The second-order valence-corrected chi connectivity index (χ2v) is 5.80. The molecular formula is C21H22N2O. The van der Waals surface area contributed by atoms with Crippen molar-refractivity contribution >= 4 is 6.29 Å². The molecule has 3 heteroatoms. The van der Waals surface area contributed by atoms with E-state index < -0.39 is 0 Å². The molecule has 122 valence electrons. The van der Waals surface area contributed by atoms with Crippen LogP contribution in [0.4, 0.5) is 0 Å². The van der Waals surface area contributed by atoms with Gasteiger partial charge in [-0.15, -0.1) is 0 Å². The van der Waals surface area contributed by atoms with Crippen molar-refractivity contribution in [2.45, 2.75) is 32.6 Å². The topological polar surface area (TPSA) is 66.9 Å². The van der Waals surface area contributed by atoms with Gasteiger partial charge in [0.25, 0.3) is 0 Å². The summed E-state index contributed by atoms with van der Waals surface area (Å²) in [6.07, 6.45) is 4.22. The summed E-state index contributed by atoms with van der Waals surface area (Å²) in [7, 11) is 0. The number of benzene rings is 2. The van der Waals surface area contributed by atoms with Crippen LogP contribution in [-0.4, -0.2) is 6.29 Å². The van der Waals surface area contributed by atoms with E-state index >= 15 is 0 Å². The number of rotatable bonds is 7. The molecule has 0 heterocycles. The van der Waals surface area contributed by atoms with Gasteiger partial charge in [0.1, 0.15) is 6.29 Å². The fourth-order valence-corrected chi connectivity index (χ4v) is 2.61. The molecule has 2 aromatic carbocycles. The van der Waals surface area contributed by atoms with E-state index in [-0.39, 0.29) is 0 Å². The summed E-state index contributed by atoms with van der Waals surface area (Å²) in [6, 6.07) is 17.7. The van der Waals surface area contributed by atoms with Crippen molar-refractivity contribution in [3.05, 3.63) is 70.9 Å². The molecule has 0 aromatic heterocycles. The van der Waals surface area contributed by atoms with Gasteiger partial charge in [0.05, 0.1) is 11.6 Å². The maximum atomic E-state index is 11.3. The summed E-state index contributed by atoms with van der Waals surface area (Å²) in [5, 5.41) is 9.21. The van der Waals surface area contributed by atoms with Crippen molar-refractivity contribution in [3.63, 3.8) is 0 Å². The van der Waals surface area contributed by atoms with Crippen LogP contribution in [0.1, 0.15) is 37.3 Å². The lowest BCUT2D eigenvalue weighted by atomic mass is 9.97. The molecule has 0 saturated carbocycles. The normalized spacial score (nSPS) is 11.5. The zero-order valence-corrected chi connectivity index (χ0v) is 14.0. The summed E-state index contributed by atoms with van der Waals surface area (Å²) in [5.74, 6) is 0. The van der Waals surface area contributed by atoms with Crippen LogP contribution in [0.5, 0.6) is 0 Å². The van der Waals surface area contributed by atoms with Crippen LogP contribution in [0.15, 0.2) is 59.8 Å². The third kappa shape index (κ3) is 4.33. The van der Waals surface area contributed by atoms with Gasteiger partial charge in [-0.25, -0.2) is 0 Å². The first-order valence-corrected chi connectivity index (χ1v) is 8.20. The molecule has 2 rings (SSSR count). The third-order valence-electron chi connectivity index (χ3n) is 4.06. The van der Waals surface area contributed by atoms with Crippen LogP contribution >= 0.6 is 0 Å². The molecule has 0 saturated heterocycles. The summed E-state index contributed by atoms with van der Waals surface area (Å²) in [6.45, 7) is 2.10. The fourth-order valence-electron chi connectivity index (χ4n) is 2.61. The number of aldehydes is 1. The molecule has 2 aromatic rings. The summed E-state index contributed by atoms with van der Waals surface area (Å²) in [5.41, 5.74) is 11.0. The van der Waals surface area contributed by atoms with Gasteiger partial charge in [-0.05, 0) is 35.6 Å². The third-order valence-corrected chi connectivity index (χ3v) is 4.06. The zero-order valence-electron chi connectivity index (χ0n) is 14.0. The van der Waals surface area contributed by atoms with Gasteiger partial charge < -0.3 is 5.73 Å². The van der Waals surface area contributed by atoms with E-state index in [2.05, 4.69) is 13.0 Å². The van der Waals surface area contributed by atoms with Gasteiger partial charge in [-0.2, -0.15) is 5.26 Å². The van der Waals surface area contributed by atoms with Crippen LogP contribution in [0.2, 0.25) is 0 Å². The van der Waals surface area contributed by atoms with Gasteiger partial charge >= 0.3 is 0 Å². The van der Waals surface area contributed by atoms with E-state index in [4.69, 9.17) is 5.73 Å². The molecule has 2 N–H and O–H groups in total. The highest BCUT2D eigenvalue weighted by Gasteiger charge is 2.07. The Bertz CT molecular complexity index is 767.